The summed E-state index contributed by atoms with van der Waals surface area (Å²) in [4.78, 5) is 17.8. The number of benzene rings is 1. The number of rotatable bonds is 7. The molecule has 0 aliphatic heterocycles. The zero-order valence-electron chi connectivity index (χ0n) is 13.9. The summed E-state index contributed by atoms with van der Waals surface area (Å²) in [6, 6.07) is 12.0. The van der Waals surface area contributed by atoms with E-state index in [0.717, 1.165) is 29.0 Å². The van der Waals surface area contributed by atoms with Crippen molar-refractivity contribution in [3.63, 3.8) is 0 Å². The number of hydrogen-bond acceptors (Lipinski definition) is 3. The maximum atomic E-state index is 12.5. The quantitative estimate of drug-likeness (QED) is 0.683. The second-order valence-electron chi connectivity index (χ2n) is 5.53. The molecule has 0 radical (unpaired) electrons. The van der Waals surface area contributed by atoms with Crippen LogP contribution in [-0.2, 0) is 13.1 Å². The van der Waals surface area contributed by atoms with Gasteiger partial charge in [-0.15, -0.1) is 11.3 Å². The van der Waals surface area contributed by atoms with Crippen LogP contribution in [0.5, 0.6) is 0 Å². The van der Waals surface area contributed by atoms with Gasteiger partial charge in [0.05, 0.1) is 10.3 Å². The molecule has 2 aromatic rings. The van der Waals surface area contributed by atoms with Crippen LogP contribution in [0.15, 0.2) is 40.2 Å². The van der Waals surface area contributed by atoms with Gasteiger partial charge in [0.25, 0.3) is 5.91 Å². The van der Waals surface area contributed by atoms with Gasteiger partial charge in [0.15, 0.2) is 0 Å². The second kappa shape index (κ2) is 8.62. The molecular weight excluding hydrogens is 372 g/mol. The smallest absolute Gasteiger partial charge is 0.253 e. The number of nitrogens with zero attached hydrogens (tertiary/aromatic N) is 2. The van der Waals surface area contributed by atoms with Crippen LogP contribution in [0.25, 0.3) is 0 Å². The normalized spacial score (nSPS) is 11.0. The fourth-order valence-electron chi connectivity index (χ4n) is 2.42. The molecule has 1 heterocycles. The summed E-state index contributed by atoms with van der Waals surface area (Å²) in [5.74, 6) is 0.0592. The SMILES string of the molecule is CCN(CC)Cc1ccc(C(=O)N(C)Cc2ccc(Br)s2)cc1. The largest absolute Gasteiger partial charge is 0.337 e. The third-order valence-electron chi connectivity index (χ3n) is 3.87. The summed E-state index contributed by atoms with van der Waals surface area (Å²) in [6.45, 7) is 7.97. The number of thiophene rings is 1. The Morgan fingerprint density at radius 3 is 2.22 bits per heavy atom. The highest BCUT2D eigenvalue weighted by molar-refractivity contribution is 9.11. The molecule has 0 spiro atoms. The number of amides is 1. The zero-order chi connectivity index (χ0) is 16.8. The maximum absolute atomic E-state index is 12.5. The van der Waals surface area contributed by atoms with Crippen LogP contribution in [0.3, 0.4) is 0 Å². The fourth-order valence-corrected chi connectivity index (χ4v) is 3.96. The zero-order valence-corrected chi connectivity index (χ0v) is 16.3. The van der Waals surface area contributed by atoms with Crippen molar-refractivity contribution >= 4 is 33.2 Å². The van der Waals surface area contributed by atoms with Gasteiger partial charge in [-0.05, 0) is 58.8 Å². The van der Waals surface area contributed by atoms with E-state index in [4.69, 9.17) is 0 Å². The molecule has 1 amide bonds. The molecule has 0 N–H and O–H groups in total. The lowest BCUT2D eigenvalue weighted by Gasteiger charge is -2.19. The van der Waals surface area contributed by atoms with Crippen LogP contribution in [-0.4, -0.2) is 35.8 Å². The van der Waals surface area contributed by atoms with Crippen molar-refractivity contribution in [3.8, 4) is 0 Å². The van der Waals surface area contributed by atoms with Crippen molar-refractivity contribution < 1.29 is 4.79 Å². The van der Waals surface area contributed by atoms with E-state index in [1.165, 1.54) is 10.4 Å². The summed E-state index contributed by atoms with van der Waals surface area (Å²) in [6.07, 6.45) is 0. The van der Waals surface area contributed by atoms with E-state index >= 15 is 0 Å². The average molecular weight is 395 g/mol. The van der Waals surface area contributed by atoms with Crippen LogP contribution in [0.4, 0.5) is 0 Å². The van der Waals surface area contributed by atoms with E-state index in [1.807, 2.05) is 31.3 Å². The molecule has 0 aliphatic rings. The highest BCUT2D eigenvalue weighted by atomic mass is 79.9. The molecule has 0 atom stereocenters. The van der Waals surface area contributed by atoms with E-state index in [9.17, 15) is 4.79 Å². The van der Waals surface area contributed by atoms with Gasteiger partial charge in [0.2, 0.25) is 0 Å². The third-order valence-corrected chi connectivity index (χ3v) is 5.48. The van der Waals surface area contributed by atoms with Crippen molar-refractivity contribution in [2.45, 2.75) is 26.9 Å². The fraction of sp³-hybridized carbons (Fsp3) is 0.389. The van der Waals surface area contributed by atoms with Crippen LogP contribution in [0.1, 0.15) is 34.6 Å². The Hall–Kier alpha value is -1.17. The first-order valence-electron chi connectivity index (χ1n) is 7.84. The lowest BCUT2D eigenvalue weighted by molar-refractivity contribution is 0.0786. The average Bonchev–Trinajstić information content (AvgIpc) is 2.97. The standard InChI is InChI=1S/C18H23BrN2OS/c1-4-21(5-2)12-14-6-8-15(9-7-14)18(22)20(3)13-16-10-11-17(19)23-16/h6-11H,4-5,12-13H2,1-3H3. The van der Waals surface area contributed by atoms with Gasteiger partial charge in [0, 0.05) is 24.0 Å². The first-order valence-corrected chi connectivity index (χ1v) is 9.45. The lowest BCUT2D eigenvalue weighted by Crippen LogP contribution is -2.26. The predicted molar refractivity (Wildman–Crippen MR) is 101 cm³/mol. The summed E-state index contributed by atoms with van der Waals surface area (Å²) < 4.78 is 1.09. The van der Waals surface area contributed by atoms with Gasteiger partial charge in [-0.1, -0.05) is 26.0 Å². The molecule has 0 aliphatic carbocycles. The topological polar surface area (TPSA) is 23.6 Å². The minimum absolute atomic E-state index is 0.0592. The molecule has 0 saturated heterocycles. The van der Waals surface area contributed by atoms with Gasteiger partial charge >= 0.3 is 0 Å². The molecule has 1 aromatic heterocycles. The van der Waals surface area contributed by atoms with Crippen LogP contribution < -0.4 is 0 Å². The van der Waals surface area contributed by atoms with Gasteiger partial charge in [-0.2, -0.15) is 0 Å². The maximum Gasteiger partial charge on any atom is 0.253 e. The van der Waals surface area contributed by atoms with E-state index in [-0.39, 0.29) is 5.91 Å². The number of carbonyl (C=O) groups is 1. The Balaban J connectivity index is 1.99. The van der Waals surface area contributed by atoms with E-state index in [1.54, 1.807) is 16.2 Å². The van der Waals surface area contributed by atoms with Gasteiger partial charge < -0.3 is 4.90 Å². The van der Waals surface area contributed by atoms with E-state index in [0.29, 0.717) is 6.54 Å². The predicted octanol–water partition coefficient (Wildman–Crippen LogP) is 4.62. The van der Waals surface area contributed by atoms with E-state index < -0.39 is 0 Å². The first-order chi connectivity index (χ1) is 11.0. The molecule has 2 rings (SSSR count). The highest BCUT2D eigenvalue weighted by Crippen LogP contribution is 2.23. The Bertz CT molecular complexity index is 635. The Morgan fingerprint density at radius 2 is 1.70 bits per heavy atom. The summed E-state index contributed by atoms with van der Waals surface area (Å²) in [5, 5.41) is 0. The van der Waals surface area contributed by atoms with Crippen LogP contribution in [0.2, 0.25) is 0 Å². The summed E-state index contributed by atoms with van der Waals surface area (Å²) >= 11 is 5.11. The monoisotopic (exact) mass is 394 g/mol. The highest BCUT2D eigenvalue weighted by Gasteiger charge is 2.13. The van der Waals surface area contributed by atoms with Crippen molar-refractivity contribution in [1.82, 2.24) is 9.80 Å². The lowest BCUT2D eigenvalue weighted by atomic mass is 10.1. The first kappa shape index (κ1) is 18.2. The van der Waals surface area contributed by atoms with Gasteiger partial charge in [-0.3, -0.25) is 9.69 Å². The third kappa shape index (κ3) is 5.16. The minimum Gasteiger partial charge on any atom is -0.337 e. The molecule has 0 bridgehead atoms. The van der Waals surface area contributed by atoms with Gasteiger partial charge in [0.1, 0.15) is 0 Å². The van der Waals surface area contributed by atoms with E-state index in [2.05, 4.69) is 46.8 Å². The second-order valence-corrected chi connectivity index (χ2v) is 8.07. The molecule has 1 aromatic carbocycles. The van der Waals surface area contributed by atoms with Crippen molar-refractivity contribution in [2.75, 3.05) is 20.1 Å². The molecule has 0 unspecified atom stereocenters. The van der Waals surface area contributed by atoms with Gasteiger partial charge in [-0.25, -0.2) is 0 Å². The number of carbonyl (C=O) groups excluding carboxylic acids is 1. The summed E-state index contributed by atoms with van der Waals surface area (Å²) in [5.41, 5.74) is 1.99. The molecule has 23 heavy (non-hydrogen) atoms. The van der Waals surface area contributed by atoms with Crippen molar-refractivity contribution in [3.05, 3.63) is 56.2 Å². The van der Waals surface area contributed by atoms with Crippen LogP contribution >= 0.6 is 27.3 Å². The Labute approximate surface area is 151 Å². The Morgan fingerprint density at radius 1 is 1.04 bits per heavy atom. The van der Waals surface area contributed by atoms with Crippen LogP contribution in [0, 0.1) is 0 Å². The summed E-state index contributed by atoms with van der Waals surface area (Å²) in [7, 11) is 1.85. The molecule has 0 fully saturated rings. The molecule has 124 valence electrons. The van der Waals surface area contributed by atoms with Crippen molar-refractivity contribution in [1.29, 1.82) is 0 Å². The number of hydrogen-bond donors (Lipinski definition) is 0. The molecule has 3 nitrogen and oxygen atoms in total. The molecule has 0 saturated carbocycles. The Kier molecular flexibility index (Phi) is 6.81. The molecule has 5 heteroatoms. The molecular formula is C18H23BrN2OS. The minimum atomic E-state index is 0.0592. The number of halogens is 1. The van der Waals surface area contributed by atoms with Crippen molar-refractivity contribution in [2.24, 2.45) is 0 Å².